The highest BCUT2D eigenvalue weighted by atomic mass is 16.2. The molecule has 1 heterocycles. The molecule has 1 aromatic rings. The Morgan fingerprint density at radius 3 is 2.59 bits per heavy atom. The highest BCUT2D eigenvalue weighted by Crippen LogP contribution is 2.16. The van der Waals surface area contributed by atoms with Gasteiger partial charge in [0, 0.05) is 24.1 Å². The third kappa shape index (κ3) is 3.27. The minimum absolute atomic E-state index is 0.114. The number of carbonyl (C=O) groups excluding carboxylic acids is 1. The molecule has 0 N–H and O–H groups in total. The van der Waals surface area contributed by atoms with Crippen LogP contribution in [0.5, 0.6) is 0 Å². The van der Waals surface area contributed by atoms with Crippen LogP contribution in [0.4, 0.5) is 5.69 Å². The molecule has 0 aromatic carbocycles. The normalized spacial score (nSPS) is 12.6. The second-order valence-electron chi connectivity index (χ2n) is 4.38. The average molecular weight is 235 g/mol. The van der Waals surface area contributed by atoms with E-state index < -0.39 is 0 Å². The van der Waals surface area contributed by atoms with Gasteiger partial charge in [-0.05, 0) is 47.0 Å². The van der Waals surface area contributed by atoms with Crippen LogP contribution in [-0.4, -0.2) is 42.5 Å². The minimum Gasteiger partial charge on any atom is -0.311 e. The Kier molecular flexibility index (Phi) is 4.63. The Morgan fingerprint density at radius 1 is 1.47 bits per heavy atom. The molecular formula is C13H21N3O. The molecule has 0 aliphatic carbocycles. The predicted molar refractivity (Wildman–Crippen MR) is 70.2 cm³/mol. The predicted octanol–water partition coefficient (Wildman–Crippen LogP) is 1.69. The Balaban J connectivity index is 2.96. The fourth-order valence-electron chi connectivity index (χ4n) is 1.61. The van der Waals surface area contributed by atoms with Crippen LogP contribution in [0.2, 0.25) is 0 Å². The van der Waals surface area contributed by atoms with Gasteiger partial charge in [0.25, 0.3) is 0 Å². The largest absolute Gasteiger partial charge is 0.311 e. The highest BCUT2D eigenvalue weighted by Gasteiger charge is 2.22. The van der Waals surface area contributed by atoms with Gasteiger partial charge in [0.2, 0.25) is 5.91 Å². The van der Waals surface area contributed by atoms with Gasteiger partial charge in [0.15, 0.2) is 0 Å². The molecule has 0 aliphatic heterocycles. The first-order valence-corrected chi connectivity index (χ1v) is 5.87. The molecule has 0 saturated carbocycles. The van der Waals surface area contributed by atoms with Gasteiger partial charge in [-0.25, -0.2) is 0 Å². The van der Waals surface area contributed by atoms with Crippen molar-refractivity contribution >= 4 is 11.6 Å². The van der Waals surface area contributed by atoms with Crippen molar-refractivity contribution in [3.05, 3.63) is 24.0 Å². The zero-order valence-electron chi connectivity index (χ0n) is 11.3. The molecule has 17 heavy (non-hydrogen) atoms. The zero-order valence-corrected chi connectivity index (χ0v) is 11.3. The van der Waals surface area contributed by atoms with E-state index in [9.17, 15) is 4.79 Å². The van der Waals surface area contributed by atoms with Gasteiger partial charge in [-0.15, -0.1) is 0 Å². The van der Waals surface area contributed by atoms with E-state index in [0.717, 1.165) is 11.4 Å². The lowest BCUT2D eigenvalue weighted by atomic mass is 10.2. The number of hydrogen-bond acceptors (Lipinski definition) is 3. The number of rotatable bonds is 4. The first-order chi connectivity index (χ1) is 7.97. The molecule has 1 aromatic heterocycles. The number of hydrogen-bond donors (Lipinski definition) is 0. The van der Waals surface area contributed by atoms with E-state index in [2.05, 4.69) is 4.98 Å². The molecule has 0 saturated heterocycles. The van der Waals surface area contributed by atoms with Gasteiger partial charge in [-0.2, -0.15) is 0 Å². The zero-order chi connectivity index (χ0) is 13.0. The lowest BCUT2D eigenvalue weighted by Gasteiger charge is -2.27. The summed E-state index contributed by atoms with van der Waals surface area (Å²) < 4.78 is 0. The van der Waals surface area contributed by atoms with Crippen LogP contribution in [0.3, 0.4) is 0 Å². The molecule has 0 radical (unpaired) electrons. The Hall–Kier alpha value is -1.42. The second kappa shape index (κ2) is 5.77. The lowest BCUT2D eigenvalue weighted by molar-refractivity contribution is -0.122. The summed E-state index contributed by atoms with van der Waals surface area (Å²) in [6.07, 6.45) is 1.74. The fourth-order valence-corrected chi connectivity index (χ4v) is 1.61. The van der Waals surface area contributed by atoms with E-state index in [0.29, 0.717) is 6.54 Å². The first kappa shape index (κ1) is 13.6. The quantitative estimate of drug-likeness (QED) is 0.797. The number of aryl methyl sites for hydroxylation is 1. The number of anilines is 1. The van der Waals surface area contributed by atoms with E-state index in [1.165, 1.54) is 0 Å². The van der Waals surface area contributed by atoms with Gasteiger partial charge in [-0.1, -0.05) is 0 Å². The Bertz CT molecular complexity index is 390. The smallest absolute Gasteiger partial charge is 0.244 e. The maximum Gasteiger partial charge on any atom is 0.244 e. The van der Waals surface area contributed by atoms with Crippen LogP contribution in [-0.2, 0) is 4.79 Å². The molecule has 0 aliphatic rings. The average Bonchev–Trinajstić information content (AvgIpc) is 2.28. The van der Waals surface area contributed by atoms with Gasteiger partial charge in [0.05, 0.1) is 6.04 Å². The van der Waals surface area contributed by atoms with Gasteiger partial charge >= 0.3 is 0 Å². The molecule has 0 spiro atoms. The van der Waals surface area contributed by atoms with Crippen LogP contribution < -0.4 is 4.90 Å². The molecule has 94 valence electrons. The summed E-state index contributed by atoms with van der Waals surface area (Å²) in [4.78, 5) is 20.1. The number of aromatic nitrogens is 1. The van der Waals surface area contributed by atoms with Crippen molar-refractivity contribution in [2.45, 2.75) is 26.8 Å². The molecule has 1 amide bonds. The lowest BCUT2D eigenvalue weighted by Crippen LogP contribution is -2.44. The molecule has 0 bridgehead atoms. The first-order valence-electron chi connectivity index (χ1n) is 5.87. The number of amides is 1. The summed E-state index contributed by atoms with van der Waals surface area (Å²) >= 11 is 0. The summed E-state index contributed by atoms with van der Waals surface area (Å²) in [5.74, 6) is 0.114. The maximum absolute atomic E-state index is 12.3. The summed E-state index contributed by atoms with van der Waals surface area (Å²) in [6.45, 7) is 6.49. The molecule has 4 heteroatoms. The van der Waals surface area contributed by atoms with Gasteiger partial charge < -0.3 is 4.90 Å². The van der Waals surface area contributed by atoms with Crippen molar-refractivity contribution in [3.8, 4) is 0 Å². The van der Waals surface area contributed by atoms with Crippen molar-refractivity contribution in [2.24, 2.45) is 0 Å². The van der Waals surface area contributed by atoms with Crippen LogP contribution in [0, 0.1) is 6.92 Å². The molecule has 1 atom stereocenters. The summed E-state index contributed by atoms with van der Waals surface area (Å²) in [5, 5.41) is 0. The van der Waals surface area contributed by atoms with E-state index in [1.54, 1.807) is 11.1 Å². The minimum atomic E-state index is -0.122. The third-order valence-corrected chi connectivity index (χ3v) is 2.91. The van der Waals surface area contributed by atoms with E-state index in [-0.39, 0.29) is 11.9 Å². The Labute approximate surface area is 103 Å². The number of pyridine rings is 1. The number of likely N-dealkylation sites (N-methyl/N-ethyl adjacent to an activating group) is 2. The monoisotopic (exact) mass is 235 g/mol. The fraction of sp³-hybridized carbons (Fsp3) is 0.538. The van der Waals surface area contributed by atoms with E-state index in [1.807, 2.05) is 51.9 Å². The van der Waals surface area contributed by atoms with Crippen LogP contribution in [0.15, 0.2) is 18.3 Å². The van der Waals surface area contributed by atoms with Crippen LogP contribution >= 0.6 is 0 Å². The standard InChI is InChI=1S/C13H21N3O/c1-6-16(13(17)11(3)15(4)5)12-7-8-14-10(2)9-12/h7-9,11H,6H2,1-5H3. The number of nitrogens with zero attached hydrogens (tertiary/aromatic N) is 3. The molecular weight excluding hydrogens is 214 g/mol. The van der Waals surface area contributed by atoms with Crippen LogP contribution in [0.1, 0.15) is 19.5 Å². The number of carbonyl (C=O) groups is 1. The van der Waals surface area contributed by atoms with Gasteiger partial charge in [0.1, 0.15) is 0 Å². The van der Waals surface area contributed by atoms with E-state index >= 15 is 0 Å². The third-order valence-electron chi connectivity index (χ3n) is 2.91. The Morgan fingerprint density at radius 2 is 2.12 bits per heavy atom. The maximum atomic E-state index is 12.3. The molecule has 1 unspecified atom stereocenters. The van der Waals surface area contributed by atoms with Gasteiger partial charge in [-0.3, -0.25) is 14.7 Å². The van der Waals surface area contributed by atoms with Crippen molar-refractivity contribution in [3.63, 3.8) is 0 Å². The topological polar surface area (TPSA) is 36.4 Å². The van der Waals surface area contributed by atoms with E-state index in [4.69, 9.17) is 0 Å². The highest BCUT2D eigenvalue weighted by molar-refractivity contribution is 5.96. The van der Waals surface area contributed by atoms with Crippen molar-refractivity contribution in [1.29, 1.82) is 0 Å². The summed E-state index contributed by atoms with van der Waals surface area (Å²) in [7, 11) is 3.82. The molecule has 4 nitrogen and oxygen atoms in total. The van der Waals surface area contributed by atoms with Crippen molar-refractivity contribution in [1.82, 2.24) is 9.88 Å². The van der Waals surface area contributed by atoms with Crippen LogP contribution in [0.25, 0.3) is 0 Å². The molecule has 1 rings (SSSR count). The SMILES string of the molecule is CCN(C(=O)C(C)N(C)C)c1ccnc(C)c1. The summed E-state index contributed by atoms with van der Waals surface area (Å²) in [5.41, 5.74) is 1.84. The summed E-state index contributed by atoms with van der Waals surface area (Å²) in [6, 6.07) is 3.68. The van der Waals surface area contributed by atoms with Crippen molar-refractivity contribution < 1.29 is 4.79 Å². The second-order valence-corrected chi connectivity index (χ2v) is 4.38. The molecule has 0 fully saturated rings. The van der Waals surface area contributed by atoms with Crippen molar-refractivity contribution in [2.75, 3.05) is 25.5 Å².